The average Bonchev–Trinajstić information content (AvgIpc) is 2.49. The molecule has 1 aliphatic heterocycles. The van der Waals surface area contributed by atoms with Crippen LogP contribution in [0.25, 0.3) is 5.57 Å². The van der Waals surface area contributed by atoms with Crippen LogP contribution in [-0.4, -0.2) is 20.1 Å². The molecule has 0 atom stereocenters. The molecule has 0 fully saturated rings. The monoisotopic (exact) mass is 224 g/mol. The molecule has 0 amide bonds. The highest BCUT2D eigenvalue weighted by molar-refractivity contribution is 7.95. The van der Waals surface area contributed by atoms with Gasteiger partial charge in [0.2, 0.25) is 9.84 Å². The smallest absolute Gasteiger partial charge is 0.200 e. The van der Waals surface area contributed by atoms with Crippen molar-refractivity contribution in [3.05, 3.63) is 35.2 Å². The SMILES string of the molecule is O=S1(=O)C=C(CCCO)c2ccccc21. The van der Waals surface area contributed by atoms with E-state index >= 15 is 0 Å². The summed E-state index contributed by atoms with van der Waals surface area (Å²) in [6.45, 7) is 0.0829. The second-order valence-corrected chi connectivity index (χ2v) is 5.28. The van der Waals surface area contributed by atoms with Gasteiger partial charge in [0.05, 0.1) is 4.90 Å². The predicted molar refractivity (Wildman–Crippen MR) is 57.9 cm³/mol. The molecule has 0 saturated carbocycles. The first kappa shape index (κ1) is 10.4. The first-order valence-electron chi connectivity index (χ1n) is 4.81. The number of fused-ring (bicyclic) bond motifs is 1. The van der Waals surface area contributed by atoms with Crippen molar-refractivity contribution in [3.63, 3.8) is 0 Å². The summed E-state index contributed by atoms with van der Waals surface area (Å²) in [5.41, 5.74) is 1.59. The van der Waals surface area contributed by atoms with Gasteiger partial charge in [-0.05, 0) is 30.0 Å². The number of aliphatic hydroxyl groups is 1. The largest absolute Gasteiger partial charge is 0.396 e. The van der Waals surface area contributed by atoms with Crippen LogP contribution in [0.5, 0.6) is 0 Å². The van der Waals surface area contributed by atoms with Crippen LogP contribution >= 0.6 is 0 Å². The third-order valence-corrected chi connectivity index (χ3v) is 4.01. The van der Waals surface area contributed by atoms with Crippen LogP contribution in [-0.2, 0) is 9.84 Å². The molecule has 15 heavy (non-hydrogen) atoms. The lowest BCUT2D eigenvalue weighted by Gasteiger charge is -2.02. The van der Waals surface area contributed by atoms with Gasteiger partial charge in [0.1, 0.15) is 0 Å². The number of hydrogen-bond donors (Lipinski definition) is 1. The summed E-state index contributed by atoms with van der Waals surface area (Å²) in [5, 5.41) is 10.0. The van der Waals surface area contributed by atoms with Crippen LogP contribution in [0.1, 0.15) is 18.4 Å². The summed E-state index contributed by atoms with van der Waals surface area (Å²) < 4.78 is 23.4. The summed E-state index contributed by atoms with van der Waals surface area (Å²) in [5.74, 6) is 0. The normalized spacial score (nSPS) is 17.3. The van der Waals surface area contributed by atoms with Gasteiger partial charge in [-0.25, -0.2) is 8.42 Å². The van der Waals surface area contributed by atoms with Crippen molar-refractivity contribution in [2.24, 2.45) is 0 Å². The van der Waals surface area contributed by atoms with Gasteiger partial charge in [-0.1, -0.05) is 18.2 Å². The Morgan fingerprint density at radius 1 is 1.20 bits per heavy atom. The van der Waals surface area contributed by atoms with E-state index in [4.69, 9.17) is 5.11 Å². The van der Waals surface area contributed by atoms with Crippen LogP contribution in [0.4, 0.5) is 0 Å². The Balaban J connectivity index is 2.44. The van der Waals surface area contributed by atoms with Gasteiger partial charge < -0.3 is 5.11 Å². The van der Waals surface area contributed by atoms with Crippen LogP contribution in [0.15, 0.2) is 34.6 Å². The fraction of sp³-hybridized carbons (Fsp3) is 0.273. The molecule has 0 aliphatic carbocycles. The molecule has 80 valence electrons. The molecule has 1 N–H and O–H groups in total. The van der Waals surface area contributed by atoms with Gasteiger partial charge in [-0.15, -0.1) is 0 Å². The number of allylic oxidation sites excluding steroid dienone is 1. The molecule has 1 aromatic carbocycles. The van der Waals surface area contributed by atoms with Crippen molar-refractivity contribution in [2.75, 3.05) is 6.61 Å². The summed E-state index contributed by atoms with van der Waals surface area (Å²) >= 11 is 0. The minimum absolute atomic E-state index is 0.0829. The van der Waals surface area contributed by atoms with E-state index in [9.17, 15) is 8.42 Å². The highest BCUT2D eigenvalue weighted by Gasteiger charge is 2.25. The Kier molecular flexibility index (Phi) is 2.63. The van der Waals surface area contributed by atoms with Gasteiger partial charge in [-0.2, -0.15) is 0 Å². The standard InChI is InChI=1S/C11H12O3S/c12-7-3-4-9-8-15(13,14)11-6-2-1-5-10(9)11/h1-2,5-6,8,12H,3-4,7H2. The zero-order valence-corrected chi connectivity index (χ0v) is 9.00. The summed E-state index contributed by atoms with van der Waals surface area (Å²) in [7, 11) is -3.23. The van der Waals surface area contributed by atoms with Gasteiger partial charge in [0.25, 0.3) is 0 Å². The quantitative estimate of drug-likeness (QED) is 0.848. The Labute approximate surface area is 89.0 Å². The Hall–Kier alpha value is -1.13. The van der Waals surface area contributed by atoms with Crippen molar-refractivity contribution in [2.45, 2.75) is 17.7 Å². The Morgan fingerprint density at radius 3 is 2.67 bits per heavy atom. The van der Waals surface area contributed by atoms with Crippen molar-refractivity contribution in [1.29, 1.82) is 0 Å². The van der Waals surface area contributed by atoms with Crippen LogP contribution in [0.3, 0.4) is 0 Å². The van der Waals surface area contributed by atoms with Crippen LogP contribution in [0, 0.1) is 0 Å². The third-order valence-electron chi connectivity index (χ3n) is 2.44. The van der Waals surface area contributed by atoms with Crippen molar-refractivity contribution >= 4 is 15.4 Å². The second kappa shape index (κ2) is 3.79. The topological polar surface area (TPSA) is 54.4 Å². The molecule has 4 heteroatoms. The number of benzene rings is 1. The van der Waals surface area contributed by atoms with E-state index in [0.29, 0.717) is 17.7 Å². The Morgan fingerprint density at radius 2 is 1.93 bits per heavy atom. The van der Waals surface area contributed by atoms with Crippen LogP contribution in [0.2, 0.25) is 0 Å². The molecule has 1 heterocycles. The maximum absolute atomic E-state index is 11.7. The van der Waals surface area contributed by atoms with E-state index in [-0.39, 0.29) is 6.61 Å². The summed E-state index contributed by atoms with van der Waals surface area (Å²) in [4.78, 5) is 0.387. The highest BCUT2D eigenvalue weighted by atomic mass is 32.2. The maximum atomic E-state index is 11.7. The summed E-state index contributed by atoms with van der Waals surface area (Å²) in [6.07, 6.45) is 1.20. The predicted octanol–water partition coefficient (Wildman–Crippen LogP) is 1.59. The molecule has 1 aromatic rings. The highest BCUT2D eigenvalue weighted by Crippen LogP contribution is 2.35. The lowest BCUT2D eigenvalue weighted by Crippen LogP contribution is -1.92. The second-order valence-electron chi connectivity index (χ2n) is 3.51. The molecular weight excluding hydrogens is 212 g/mol. The molecule has 3 nitrogen and oxygen atoms in total. The molecule has 1 aliphatic rings. The Bertz CT molecular complexity index is 500. The number of rotatable bonds is 3. The fourth-order valence-corrected chi connectivity index (χ4v) is 3.28. The van der Waals surface area contributed by atoms with E-state index in [1.807, 2.05) is 12.1 Å². The van der Waals surface area contributed by atoms with E-state index in [2.05, 4.69) is 0 Å². The van der Waals surface area contributed by atoms with E-state index in [0.717, 1.165) is 11.1 Å². The van der Waals surface area contributed by atoms with Crippen LogP contribution < -0.4 is 0 Å². The van der Waals surface area contributed by atoms with Gasteiger partial charge in [-0.3, -0.25) is 0 Å². The van der Waals surface area contributed by atoms with E-state index in [1.165, 1.54) is 5.41 Å². The van der Waals surface area contributed by atoms with Gasteiger partial charge >= 0.3 is 0 Å². The fourth-order valence-electron chi connectivity index (χ4n) is 1.76. The molecular formula is C11H12O3S. The molecule has 0 radical (unpaired) electrons. The number of sulfone groups is 1. The molecule has 2 rings (SSSR count). The number of aliphatic hydroxyl groups excluding tert-OH is 1. The minimum atomic E-state index is -3.23. The van der Waals surface area contributed by atoms with E-state index < -0.39 is 9.84 Å². The first-order valence-corrected chi connectivity index (χ1v) is 6.36. The zero-order chi connectivity index (χ0) is 10.9. The van der Waals surface area contributed by atoms with Crippen molar-refractivity contribution < 1.29 is 13.5 Å². The molecule has 0 unspecified atom stereocenters. The average molecular weight is 224 g/mol. The first-order chi connectivity index (χ1) is 7.15. The molecule has 0 bridgehead atoms. The third kappa shape index (κ3) is 1.82. The van der Waals surface area contributed by atoms with Crippen molar-refractivity contribution in [3.8, 4) is 0 Å². The van der Waals surface area contributed by atoms with E-state index in [1.54, 1.807) is 12.1 Å². The molecule has 0 saturated heterocycles. The zero-order valence-electron chi connectivity index (χ0n) is 8.18. The minimum Gasteiger partial charge on any atom is -0.396 e. The van der Waals surface area contributed by atoms with Gasteiger partial charge in [0.15, 0.2) is 0 Å². The van der Waals surface area contributed by atoms with Gasteiger partial charge in [0, 0.05) is 12.0 Å². The lowest BCUT2D eigenvalue weighted by molar-refractivity contribution is 0.290. The summed E-state index contributed by atoms with van der Waals surface area (Å²) in [6, 6.07) is 6.97. The molecule has 0 spiro atoms. The lowest BCUT2D eigenvalue weighted by atomic mass is 10.0. The number of hydrogen-bond acceptors (Lipinski definition) is 3. The molecule has 0 aromatic heterocycles. The van der Waals surface area contributed by atoms with Crippen molar-refractivity contribution in [1.82, 2.24) is 0 Å². The maximum Gasteiger partial charge on any atom is 0.200 e.